The van der Waals surface area contributed by atoms with Gasteiger partial charge < -0.3 is 0 Å². The van der Waals surface area contributed by atoms with Crippen molar-refractivity contribution in [2.45, 2.75) is 5.41 Å². The molecule has 282 valence electrons. The third kappa shape index (κ3) is 4.89. The summed E-state index contributed by atoms with van der Waals surface area (Å²) in [5.74, 6) is 1.96. The van der Waals surface area contributed by atoms with Crippen molar-refractivity contribution >= 4 is 32.3 Å². The monoisotopic (exact) mass is 773 g/mol. The van der Waals surface area contributed by atoms with Crippen LogP contribution in [0.1, 0.15) is 22.3 Å². The largest absolute Gasteiger partial charge is 0.208 e. The van der Waals surface area contributed by atoms with E-state index in [2.05, 4.69) is 152 Å². The Bertz CT molecular complexity index is 3470. The zero-order chi connectivity index (χ0) is 40.1. The van der Waals surface area contributed by atoms with Crippen LogP contribution < -0.4 is 0 Å². The average Bonchev–Trinajstić information content (AvgIpc) is 3.81. The summed E-state index contributed by atoms with van der Waals surface area (Å²) in [5, 5.41) is 7.66. The van der Waals surface area contributed by atoms with Crippen molar-refractivity contribution in [3.05, 3.63) is 235 Å². The standard InChI is InChI=1S/C58H35N3/c1-3-15-37(16-4-1)55-59-56(38-17-5-2-6-18-38)61-57(60-55)39-29-27-36(28-30-39)40-31-32-41-34-49-52(35-42(41)33-40)58(50-25-13-11-21-45(50)46-22-12-14-26-51(46)58)54-48-24-10-8-20-44(48)43-19-7-9-23-47(43)53(49)54/h1-35H. The molecule has 1 spiro atoms. The zero-order valence-electron chi connectivity index (χ0n) is 33.0. The molecular formula is C58H35N3. The minimum atomic E-state index is -0.477. The molecule has 0 amide bonds. The van der Waals surface area contributed by atoms with Gasteiger partial charge in [-0.3, -0.25) is 0 Å². The van der Waals surface area contributed by atoms with Crippen molar-refractivity contribution in [1.82, 2.24) is 15.0 Å². The topological polar surface area (TPSA) is 38.7 Å². The quantitative estimate of drug-likeness (QED) is 0.167. The molecule has 0 N–H and O–H groups in total. The number of hydrogen-bond acceptors (Lipinski definition) is 3. The van der Waals surface area contributed by atoms with E-state index in [1.54, 1.807) is 0 Å². The molecule has 11 aromatic rings. The van der Waals surface area contributed by atoms with Crippen LogP contribution in [0.5, 0.6) is 0 Å². The lowest BCUT2D eigenvalue weighted by molar-refractivity contribution is 0.803. The molecule has 1 aromatic heterocycles. The Morgan fingerprint density at radius 2 is 0.738 bits per heavy atom. The molecule has 0 unspecified atom stereocenters. The van der Waals surface area contributed by atoms with Crippen molar-refractivity contribution in [2.24, 2.45) is 0 Å². The molecule has 0 atom stereocenters. The highest BCUT2D eigenvalue weighted by Gasteiger charge is 2.53. The minimum absolute atomic E-state index is 0.477. The zero-order valence-corrected chi connectivity index (χ0v) is 33.0. The number of fused-ring (bicyclic) bond motifs is 16. The van der Waals surface area contributed by atoms with Gasteiger partial charge in [-0.1, -0.05) is 194 Å². The first kappa shape index (κ1) is 33.9. The highest BCUT2D eigenvalue weighted by atomic mass is 15.0. The van der Waals surface area contributed by atoms with Crippen molar-refractivity contribution in [1.29, 1.82) is 0 Å². The Morgan fingerprint density at radius 3 is 1.34 bits per heavy atom. The van der Waals surface area contributed by atoms with Crippen molar-refractivity contribution < 1.29 is 0 Å². The van der Waals surface area contributed by atoms with E-state index in [9.17, 15) is 0 Å². The lowest BCUT2D eigenvalue weighted by Crippen LogP contribution is -2.26. The molecule has 3 nitrogen and oxygen atoms in total. The first-order valence-electron chi connectivity index (χ1n) is 20.9. The van der Waals surface area contributed by atoms with E-state index < -0.39 is 5.41 Å². The normalized spacial score (nSPS) is 13.0. The van der Waals surface area contributed by atoms with Gasteiger partial charge in [0.05, 0.1) is 5.41 Å². The molecule has 3 heteroatoms. The second-order valence-corrected chi connectivity index (χ2v) is 16.3. The fourth-order valence-electron chi connectivity index (χ4n) is 10.5. The van der Waals surface area contributed by atoms with Crippen LogP contribution in [0.15, 0.2) is 212 Å². The molecule has 0 radical (unpaired) electrons. The molecule has 0 aliphatic heterocycles. The van der Waals surface area contributed by atoms with Gasteiger partial charge in [0.2, 0.25) is 0 Å². The molecule has 1 heterocycles. The molecule has 0 fully saturated rings. The predicted molar refractivity (Wildman–Crippen MR) is 250 cm³/mol. The summed E-state index contributed by atoms with van der Waals surface area (Å²) in [6.07, 6.45) is 0. The van der Waals surface area contributed by atoms with Gasteiger partial charge in [0, 0.05) is 16.7 Å². The van der Waals surface area contributed by atoms with Crippen molar-refractivity contribution in [3.63, 3.8) is 0 Å². The Labute approximate surface area is 353 Å². The second-order valence-electron chi connectivity index (χ2n) is 16.3. The van der Waals surface area contributed by atoms with E-state index >= 15 is 0 Å². The molecule has 2 aliphatic rings. The summed E-state index contributed by atoms with van der Waals surface area (Å²) in [4.78, 5) is 14.8. The summed E-state index contributed by atoms with van der Waals surface area (Å²) < 4.78 is 0. The molecule has 0 saturated heterocycles. The molecule has 10 aromatic carbocycles. The first-order valence-corrected chi connectivity index (χ1v) is 20.9. The summed E-state index contributed by atoms with van der Waals surface area (Å²) in [5.41, 5.74) is 15.4. The summed E-state index contributed by atoms with van der Waals surface area (Å²) in [7, 11) is 0. The van der Waals surface area contributed by atoms with Gasteiger partial charge in [-0.25, -0.2) is 15.0 Å². The van der Waals surface area contributed by atoms with E-state index in [1.807, 2.05) is 60.7 Å². The lowest BCUT2D eigenvalue weighted by Gasteiger charge is -2.32. The third-order valence-corrected chi connectivity index (χ3v) is 13.1. The van der Waals surface area contributed by atoms with Gasteiger partial charge in [0.1, 0.15) is 0 Å². The maximum atomic E-state index is 4.98. The molecule has 2 aliphatic carbocycles. The third-order valence-electron chi connectivity index (χ3n) is 13.1. The van der Waals surface area contributed by atoms with Gasteiger partial charge in [0.25, 0.3) is 0 Å². The highest BCUT2D eigenvalue weighted by Crippen LogP contribution is 2.65. The molecular weight excluding hydrogens is 739 g/mol. The Hall–Kier alpha value is -8.01. The van der Waals surface area contributed by atoms with Gasteiger partial charge in [0.15, 0.2) is 17.5 Å². The van der Waals surface area contributed by atoms with E-state index in [4.69, 9.17) is 15.0 Å². The van der Waals surface area contributed by atoms with E-state index in [1.165, 1.54) is 76.8 Å². The van der Waals surface area contributed by atoms with Crippen LogP contribution in [0.4, 0.5) is 0 Å². The van der Waals surface area contributed by atoms with Crippen LogP contribution >= 0.6 is 0 Å². The minimum Gasteiger partial charge on any atom is -0.208 e. The number of aromatic nitrogens is 3. The van der Waals surface area contributed by atoms with Gasteiger partial charge in [-0.05, 0) is 106 Å². The van der Waals surface area contributed by atoms with E-state index in [-0.39, 0.29) is 0 Å². The van der Waals surface area contributed by atoms with Crippen LogP contribution in [-0.4, -0.2) is 15.0 Å². The smallest absolute Gasteiger partial charge is 0.164 e. The van der Waals surface area contributed by atoms with E-state index in [0.29, 0.717) is 17.5 Å². The Balaban J connectivity index is 0.993. The molecule has 0 bridgehead atoms. The predicted octanol–water partition coefficient (Wildman–Crippen LogP) is 14.3. The lowest BCUT2D eigenvalue weighted by atomic mass is 9.69. The van der Waals surface area contributed by atoms with Crippen LogP contribution in [-0.2, 0) is 5.41 Å². The number of benzene rings is 10. The van der Waals surface area contributed by atoms with E-state index in [0.717, 1.165) is 27.8 Å². The van der Waals surface area contributed by atoms with Gasteiger partial charge >= 0.3 is 0 Å². The number of nitrogens with zero attached hydrogens (tertiary/aromatic N) is 3. The fraction of sp³-hybridized carbons (Fsp3) is 0.0172. The van der Waals surface area contributed by atoms with Crippen molar-refractivity contribution in [2.75, 3.05) is 0 Å². The molecule has 0 saturated carbocycles. The summed E-state index contributed by atoms with van der Waals surface area (Å²) in [6.45, 7) is 0. The Kier molecular flexibility index (Phi) is 7.22. The van der Waals surface area contributed by atoms with Crippen LogP contribution in [0.25, 0.3) is 99.9 Å². The highest BCUT2D eigenvalue weighted by molar-refractivity contribution is 6.20. The van der Waals surface area contributed by atoms with Crippen LogP contribution in [0.2, 0.25) is 0 Å². The summed E-state index contributed by atoms with van der Waals surface area (Å²) in [6, 6.07) is 77.0. The molecule has 13 rings (SSSR count). The fourth-order valence-corrected chi connectivity index (χ4v) is 10.5. The first-order chi connectivity index (χ1) is 30.2. The summed E-state index contributed by atoms with van der Waals surface area (Å²) >= 11 is 0. The SMILES string of the molecule is c1ccc(-c2nc(-c3ccccc3)nc(-c3ccc(-c4ccc5cc6c(cc5c4)C4(c5ccccc5-c5ccccc54)c4c-6c5ccccc5c5ccccc45)cc3)n2)cc1. The van der Waals surface area contributed by atoms with Gasteiger partial charge in [-0.15, -0.1) is 0 Å². The average molecular weight is 774 g/mol. The second kappa shape index (κ2) is 13.0. The Morgan fingerprint density at radius 1 is 0.279 bits per heavy atom. The van der Waals surface area contributed by atoms with Gasteiger partial charge in [-0.2, -0.15) is 0 Å². The maximum absolute atomic E-state index is 4.98. The maximum Gasteiger partial charge on any atom is 0.164 e. The molecule has 61 heavy (non-hydrogen) atoms. The van der Waals surface area contributed by atoms with Crippen LogP contribution in [0.3, 0.4) is 0 Å². The number of rotatable bonds is 4. The van der Waals surface area contributed by atoms with Crippen LogP contribution in [0, 0.1) is 0 Å². The number of hydrogen-bond donors (Lipinski definition) is 0. The van der Waals surface area contributed by atoms with Crippen molar-refractivity contribution in [3.8, 4) is 67.5 Å².